The second-order valence-corrected chi connectivity index (χ2v) is 6.28. The van der Waals surface area contributed by atoms with E-state index >= 15 is 0 Å². The number of hydrogen-bond acceptors (Lipinski definition) is 4. The molecule has 1 aliphatic heterocycles. The van der Waals surface area contributed by atoms with Gasteiger partial charge in [-0.15, -0.1) is 0 Å². The average Bonchev–Trinajstić information content (AvgIpc) is 2.92. The lowest BCUT2D eigenvalue weighted by Gasteiger charge is -2.35. The molecule has 2 aromatic rings. The van der Waals surface area contributed by atoms with E-state index in [1.165, 1.54) is 0 Å². The highest BCUT2D eigenvalue weighted by Gasteiger charge is 2.37. The minimum atomic E-state index is -0.617. The van der Waals surface area contributed by atoms with Crippen LogP contribution in [0, 0.1) is 5.92 Å². The highest BCUT2D eigenvalue weighted by atomic mass is 35.5. The number of nitrogens with two attached hydrogens (primary N) is 1. The average molecular weight is 336 g/mol. The molecule has 3 rings (SSSR count). The second-order valence-electron chi connectivity index (χ2n) is 5.88. The van der Waals surface area contributed by atoms with Gasteiger partial charge in [0.1, 0.15) is 11.7 Å². The van der Waals surface area contributed by atoms with Gasteiger partial charge in [0.25, 0.3) is 5.91 Å². The molecule has 2 aromatic heterocycles. The lowest BCUT2D eigenvalue weighted by atomic mass is 9.95. The molecule has 23 heavy (non-hydrogen) atoms. The van der Waals surface area contributed by atoms with Crippen molar-refractivity contribution in [3.8, 4) is 0 Å². The van der Waals surface area contributed by atoms with Gasteiger partial charge in [0.2, 0.25) is 5.91 Å². The van der Waals surface area contributed by atoms with Crippen LogP contribution in [0.4, 0.5) is 0 Å². The minimum Gasteiger partial charge on any atom is -0.345 e. The molecule has 0 radical (unpaired) electrons. The summed E-state index contributed by atoms with van der Waals surface area (Å²) in [5, 5.41) is 3.81. The first-order chi connectivity index (χ1) is 11.0. The van der Waals surface area contributed by atoms with Crippen LogP contribution in [0.5, 0.6) is 0 Å². The number of halogens is 1. The molecule has 0 spiro atoms. The second kappa shape index (κ2) is 5.82. The van der Waals surface area contributed by atoms with Crippen molar-refractivity contribution in [3.05, 3.63) is 28.5 Å². The molecule has 2 amide bonds. The third-order valence-corrected chi connectivity index (χ3v) is 4.41. The molecular formula is C15H18ClN5O2. The fraction of sp³-hybridized carbons (Fsp3) is 0.400. The summed E-state index contributed by atoms with van der Waals surface area (Å²) in [6.45, 7) is 4.08. The molecule has 1 atom stereocenters. The maximum atomic E-state index is 12.9. The molecule has 3 heterocycles. The van der Waals surface area contributed by atoms with E-state index in [1.807, 2.05) is 13.8 Å². The van der Waals surface area contributed by atoms with Crippen LogP contribution >= 0.6 is 11.6 Å². The molecular weight excluding hydrogens is 318 g/mol. The third-order valence-electron chi connectivity index (χ3n) is 4.09. The van der Waals surface area contributed by atoms with Crippen LogP contribution < -0.4 is 11.1 Å². The van der Waals surface area contributed by atoms with E-state index in [0.717, 1.165) is 10.9 Å². The first-order valence-electron chi connectivity index (χ1n) is 7.39. The number of nitrogens with one attached hydrogen (secondary N) is 2. The van der Waals surface area contributed by atoms with E-state index in [4.69, 9.17) is 17.3 Å². The predicted octanol–water partition coefficient (Wildman–Crippen LogP) is 1.23. The molecule has 0 saturated heterocycles. The van der Waals surface area contributed by atoms with E-state index in [0.29, 0.717) is 16.2 Å². The molecule has 1 aliphatic rings. The molecule has 8 heteroatoms. The zero-order valence-electron chi connectivity index (χ0n) is 12.9. The summed E-state index contributed by atoms with van der Waals surface area (Å²) in [6, 6.07) is -0.617. The fourth-order valence-electron chi connectivity index (χ4n) is 3.09. The van der Waals surface area contributed by atoms with Crippen molar-refractivity contribution in [1.82, 2.24) is 20.2 Å². The Morgan fingerprint density at radius 2 is 2.30 bits per heavy atom. The number of aromatic amines is 1. The quantitative estimate of drug-likeness (QED) is 0.731. The van der Waals surface area contributed by atoms with Crippen LogP contribution in [0.3, 0.4) is 0 Å². The van der Waals surface area contributed by atoms with Crippen LogP contribution in [-0.4, -0.2) is 39.4 Å². The molecule has 4 N–H and O–H groups in total. The Labute approximate surface area is 138 Å². The van der Waals surface area contributed by atoms with Gasteiger partial charge < -0.3 is 20.9 Å². The van der Waals surface area contributed by atoms with Gasteiger partial charge in [0.05, 0.1) is 17.3 Å². The largest absolute Gasteiger partial charge is 0.345 e. The highest BCUT2D eigenvalue weighted by molar-refractivity contribution is 6.32. The topological polar surface area (TPSA) is 104 Å². The van der Waals surface area contributed by atoms with Crippen LogP contribution in [0.15, 0.2) is 12.4 Å². The minimum absolute atomic E-state index is 0.0275. The standard InChI is InChI=1S/C15H18ClN5O2/c1-7(2)12(14(22)20-6-17)21-5-9-10(16)4-19-13-11(9)8(3-18-13)15(21)23/h3-4,7,12H,5-6,17H2,1-2H3,(H,18,19)(H,20,22)/t12-/m1/s1. The third kappa shape index (κ3) is 2.46. The number of hydrogen-bond donors (Lipinski definition) is 3. The molecule has 122 valence electrons. The van der Waals surface area contributed by atoms with Crippen LogP contribution in [0.25, 0.3) is 11.0 Å². The fourth-order valence-corrected chi connectivity index (χ4v) is 3.30. The van der Waals surface area contributed by atoms with E-state index < -0.39 is 6.04 Å². The smallest absolute Gasteiger partial charge is 0.257 e. The summed E-state index contributed by atoms with van der Waals surface area (Å²) in [7, 11) is 0. The van der Waals surface area contributed by atoms with Gasteiger partial charge in [0, 0.05) is 29.9 Å². The van der Waals surface area contributed by atoms with Gasteiger partial charge in [0.15, 0.2) is 0 Å². The number of carbonyl (C=O) groups is 2. The van der Waals surface area contributed by atoms with Crippen molar-refractivity contribution in [1.29, 1.82) is 0 Å². The summed E-state index contributed by atoms with van der Waals surface area (Å²) in [4.78, 5) is 33.9. The Bertz CT molecular complexity index is 786. The van der Waals surface area contributed by atoms with E-state index in [-0.39, 0.29) is 30.9 Å². The molecule has 7 nitrogen and oxygen atoms in total. The molecule has 0 aromatic carbocycles. The molecule has 0 fully saturated rings. The summed E-state index contributed by atoms with van der Waals surface area (Å²) in [5.41, 5.74) is 7.33. The Hall–Kier alpha value is -2.12. The lowest BCUT2D eigenvalue weighted by Crippen LogP contribution is -2.53. The van der Waals surface area contributed by atoms with Crippen molar-refractivity contribution in [2.24, 2.45) is 11.7 Å². The van der Waals surface area contributed by atoms with E-state index in [2.05, 4.69) is 15.3 Å². The summed E-state index contributed by atoms with van der Waals surface area (Å²) in [5.74, 6) is -0.544. The van der Waals surface area contributed by atoms with Gasteiger partial charge in [-0.1, -0.05) is 25.4 Å². The Kier molecular flexibility index (Phi) is 3.99. The number of H-pyrrole nitrogens is 1. The van der Waals surface area contributed by atoms with Crippen LogP contribution in [-0.2, 0) is 11.3 Å². The van der Waals surface area contributed by atoms with Crippen molar-refractivity contribution < 1.29 is 9.59 Å². The predicted molar refractivity (Wildman–Crippen MR) is 86.8 cm³/mol. The molecule has 0 unspecified atom stereocenters. The Morgan fingerprint density at radius 3 is 2.96 bits per heavy atom. The number of rotatable bonds is 4. The number of nitrogens with zero attached hydrogens (tertiary/aromatic N) is 2. The molecule has 0 bridgehead atoms. The number of pyridine rings is 1. The van der Waals surface area contributed by atoms with Gasteiger partial charge in [-0.2, -0.15) is 0 Å². The Morgan fingerprint density at radius 1 is 1.57 bits per heavy atom. The number of amides is 2. The highest BCUT2D eigenvalue weighted by Crippen LogP contribution is 2.34. The number of carbonyl (C=O) groups excluding carboxylic acids is 2. The van der Waals surface area contributed by atoms with Gasteiger partial charge in [-0.05, 0) is 5.92 Å². The van der Waals surface area contributed by atoms with Crippen LogP contribution in [0.1, 0.15) is 29.8 Å². The monoisotopic (exact) mass is 335 g/mol. The maximum absolute atomic E-state index is 12.9. The lowest BCUT2D eigenvalue weighted by molar-refractivity contribution is -0.127. The number of aromatic nitrogens is 2. The zero-order valence-corrected chi connectivity index (χ0v) is 13.6. The van der Waals surface area contributed by atoms with E-state index in [9.17, 15) is 9.59 Å². The van der Waals surface area contributed by atoms with Crippen LogP contribution in [0.2, 0.25) is 5.02 Å². The van der Waals surface area contributed by atoms with Crippen molar-refractivity contribution in [3.63, 3.8) is 0 Å². The normalized spacial score (nSPS) is 15.3. The maximum Gasteiger partial charge on any atom is 0.257 e. The summed E-state index contributed by atoms with van der Waals surface area (Å²) < 4.78 is 0. The first kappa shape index (κ1) is 15.8. The summed E-state index contributed by atoms with van der Waals surface area (Å²) in [6.07, 6.45) is 3.17. The van der Waals surface area contributed by atoms with Crippen molar-refractivity contribution >= 4 is 34.4 Å². The first-order valence-corrected chi connectivity index (χ1v) is 7.76. The molecule has 0 saturated carbocycles. The van der Waals surface area contributed by atoms with Crippen molar-refractivity contribution in [2.45, 2.75) is 26.4 Å². The van der Waals surface area contributed by atoms with E-state index in [1.54, 1.807) is 17.3 Å². The van der Waals surface area contributed by atoms with Gasteiger partial charge in [-0.25, -0.2) is 4.98 Å². The Balaban J connectivity index is 2.08. The van der Waals surface area contributed by atoms with Gasteiger partial charge in [-0.3, -0.25) is 9.59 Å². The van der Waals surface area contributed by atoms with Crippen molar-refractivity contribution in [2.75, 3.05) is 6.67 Å². The summed E-state index contributed by atoms with van der Waals surface area (Å²) >= 11 is 6.27. The zero-order chi connectivity index (χ0) is 16.7. The SMILES string of the molecule is CC(C)[C@H](C(=O)NCN)N1Cc2c(Cl)cnc3[nH]cc(c23)C1=O. The molecule has 0 aliphatic carbocycles. The van der Waals surface area contributed by atoms with Gasteiger partial charge >= 0.3 is 0 Å².